The van der Waals surface area contributed by atoms with Gasteiger partial charge in [-0.25, -0.2) is 0 Å². The molecule has 0 saturated heterocycles. The van der Waals surface area contributed by atoms with E-state index in [2.05, 4.69) is 23.2 Å². The topological polar surface area (TPSA) is 41.8 Å². The summed E-state index contributed by atoms with van der Waals surface area (Å²) < 4.78 is 5.78. The quantitative estimate of drug-likeness (QED) is 0.652. The van der Waals surface area contributed by atoms with Gasteiger partial charge in [-0.15, -0.1) is 0 Å². The fourth-order valence-electron chi connectivity index (χ4n) is 1.82. The predicted octanol–water partition coefficient (Wildman–Crippen LogP) is 3.13. The lowest BCUT2D eigenvalue weighted by Crippen LogP contribution is -1.72. The summed E-state index contributed by atoms with van der Waals surface area (Å²) in [5.74, 6) is 0.893. The van der Waals surface area contributed by atoms with Gasteiger partial charge in [-0.05, 0) is 13.0 Å². The van der Waals surface area contributed by atoms with Gasteiger partial charge < -0.3 is 4.42 Å². The van der Waals surface area contributed by atoms with Gasteiger partial charge in [0.15, 0.2) is 0 Å². The number of aryl methyl sites for hydroxylation is 1. The molecule has 2 heterocycles. The Kier molecular flexibility index (Phi) is 1.65. The van der Waals surface area contributed by atoms with Crippen LogP contribution < -0.4 is 0 Å². The fraction of sp³-hybridized carbons (Fsp3) is 0.0833. The molecule has 3 aromatic rings. The molecule has 3 nitrogen and oxygen atoms in total. The molecule has 0 saturated carbocycles. The zero-order chi connectivity index (χ0) is 10.3. The number of nitrogens with one attached hydrogen (secondary N) is 1. The summed E-state index contributed by atoms with van der Waals surface area (Å²) in [6.45, 7) is 2.06. The van der Waals surface area contributed by atoms with Crippen LogP contribution in [-0.4, -0.2) is 10.2 Å². The Morgan fingerprint density at radius 3 is 2.87 bits per heavy atom. The third-order valence-corrected chi connectivity index (χ3v) is 2.60. The fourth-order valence-corrected chi connectivity index (χ4v) is 1.82. The maximum absolute atomic E-state index is 5.78. The first-order chi connectivity index (χ1) is 7.36. The third-order valence-electron chi connectivity index (χ3n) is 2.60. The van der Waals surface area contributed by atoms with E-state index in [-0.39, 0.29) is 0 Å². The number of hydrogen-bond acceptors (Lipinski definition) is 2. The van der Waals surface area contributed by atoms with Gasteiger partial charge in [0.1, 0.15) is 11.3 Å². The molecular formula is C12H10N2O. The molecule has 2 aromatic heterocycles. The standard InChI is InChI=1S/C12H10N2O/c1-8-10-4-2-3-5-11(10)15-12(8)9-6-13-14-7-9/h2-7H,1H3,(H,13,14). The normalized spacial score (nSPS) is 11.0. The Morgan fingerprint density at radius 2 is 2.13 bits per heavy atom. The number of nitrogens with zero attached hydrogens (tertiary/aromatic N) is 1. The molecule has 3 rings (SSSR count). The second-order valence-corrected chi connectivity index (χ2v) is 3.54. The molecule has 0 spiro atoms. The van der Waals surface area contributed by atoms with Crippen LogP contribution in [0.1, 0.15) is 5.56 Å². The molecular weight excluding hydrogens is 188 g/mol. The number of aromatic nitrogens is 2. The predicted molar refractivity (Wildman–Crippen MR) is 58.5 cm³/mol. The van der Waals surface area contributed by atoms with E-state index in [4.69, 9.17) is 4.42 Å². The highest BCUT2D eigenvalue weighted by atomic mass is 16.3. The van der Waals surface area contributed by atoms with Gasteiger partial charge in [-0.3, -0.25) is 5.10 Å². The van der Waals surface area contributed by atoms with E-state index in [1.54, 1.807) is 6.20 Å². The summed E-state index contributed by atoms with van der Waals surface area (Å²) in [7, 11) is 0. The number of aromatic amines is 1. The number of para-hydroxylation sites is 1. The van der Waals surface area contributed by atoms with E-state index >= 15 is 0 Å². The monoisotopic (exact) mass is 198 g/mol. The van der Waals surface area contributed by atoms with E-state index in [1.165, 1.54) is 0 Å². The Hall–Kier alpha value is -2.03. The van der Waals surface area contributed by atoms with Crippen molar-refractivity contribution in [3.63, 3.8) is 0 Å². The van der Waals surface area contributed by atoms with Crippen molar-refractivity contribution >= 4 is 11.0 Å². The minimum Gasteiger partial charge on any atom is -0.456 e. The lowest BCUT2D eigenvalue weighted by Gasteiger charge is -1.90. The summed E-state index contributed by atoms with van der Waals surface area (Å²) >= 11 is 0. The molecule has 1 aromatic carbocycles. The molecule has 0 fully saturated rings. The van der Waals surface area contributed by atoms with Gasteiger partial charge in [0.2, 0.25) is 0 Å². The number of hydrogen-bond donors (Lipinski definition) is 1. The smallest absolute Gasteiger partial charge is 0.141 e. The van der Waals surface area contributed by atoms with Crippen LogP contribution in [0.15, 0.2) is 41.1 Å². The minimum absolute atomic E-state index is 0.893. The summed E-state index contributed by atoms with van der Waals surface area (Å²) in [6.07, 6.45) is 3.61. The van der Waals surface area contributed by atoms with E-state index in [9.17, 15) is 0 Å². The first kappa shape index (κ1) is 8.29. The molecule has 0 unspecified atom stereocenters. The lowest BCUT2D eigenvalue weighted by atomic mass is 10.1. The zero-order valence-electron chi connectivity index (χ0n) is 8.32. The number of H-pyrrole nitrogens is 1. The minimum atomic E-state index is 0.893. The van der Waals surface area contributed by atoms with Crippen molar-refractivity contribution in [3.8, 4) is 11.3 Å². The third kappa shape index (κ3) is 1.16. The molecule has 0 aliphatic heterocycles. The number of furan rings is 1. The van der Waals surface area contributed by atoms with Crippen LogP contribution in [0, 0.1) is 6.92 Å². The molecule has 0 bridgehead atoms. The zero-order valence-corrected chi connectivity index (χ0v) is 8.32. The van der Waals surface area contributed by atoms with Crippen LogP contribution in [0.3, 0.4) is 0 Å². The van der Waals surface area contributed by atoms with Crippen LogP contribution in [0.4, 0.5) is 0 Å². The number of rotatable bonds is 1. The van der Waals surface area contributed by atoms with Crippen molar-refractivity contribution in [2.45, 2.75) is 6.92 Å². The van der Waals surface area contributed by atoms with Crippen molar-refractivity contribution in [1.82, 2.24) is 10.2 Å². The summed E-state index contributed by atoms with van der Waals surface area (Å²) in [5, 5.41) is 7.88. The highest BCUT2D eigenvalue weighted by Crippen LogP contribution is 2.31. The highest BCUT2D eigenvalue weighted by molar-refractivity contribution is 5.87. The second-order valence-electron chi connectivity index (χ2n) is 3.54. The average Bonchev–Trinajstić information content (AvgIpc) is 2.87. The first-order valence-corrected chi connectivity index (χ1v) is 4.83. The molecule has 0 radical (unpaired) electrons. The van der Waals surface area contributed by atoms with E-state index in [1.807, 2.05) is 24.4 Å². The highest BCUT2D eigenvalue weighted by Gasteiger charge is 2.11. The van der Waals surface area contributed by atoms with E-state index < -0.39 is 0 Å². The van der Waals surface area contributed by atoms with Gasteiger partial charge in [-0.1, -0.05) is 18.2 Å². The molecule has 0 amide bonds. The molecule has 0 aliphatic carbocycles. The van der Waals surface area contributed by atoms with Gasteiger partial charge in [0.05, 0.1) is 11.8 Å². The van der Waals surface area contributed by atoms with Gasteiger partial charge >= 0.3 is 0 Å². The Labute approximate surface area is 86.7 Å². The second kappa shape index (κ2) is 2.98. The summed E-state index contributed by atoms with van der Waals surface area (Å²) in [4.78, 5) is 0. The average molecular weight is 198 g/mol. The SMILES string of the molecule is Cc1c(-c2cn[nH]c2)oc2ccccc12. The van der Waals surface area contributed by atoms with Crippen LogP contribution in [-0.2, 0) is 0 Å². The van der Waals surface area contributed by atoms with Crippen molar-refractivity contribution in [2.24, 2.45) is 0 Å². The van der Waals surface area contributed by atoms with Crippen molar-refractivity contribution in [1.29, 1.82) is 0 Å². The number of benzene rings is 1. The van der Waals surface area contributed by atoms with Crippen molar-refractivity contribution in [3.05, 3.63) is 42.2 Å². The largest absolute Gasteiger partial charge is 0.456 e. The van der Waals surface area contributed by atoms with E-state index in [0.29, 0.717) is 0 Å². The molecule has 15 heavy (non-hydrogen) atoms. The summed E-state index contributed by atoms with van der Waals surface area (Å²) in [5.41, 5.74) is 3.07. The molecule has 0 aliphatic rings. The molecule has 3 heteroatoms. The van der Waals surface area contributed by atoms with Gasteiger partial charge in [0, 0.05) is 17.1 Å². The van der Waals surface area contributed by atoms with E-state index in [0.717, 1.165) is 27.9 Å². The molecule has 74 valence electrons. The Bertz CT molecular complexity index is 593. The Morgan fingerprint density at radius 1 is 1.27 bits per heavy atom. The van der Waals surface area contributed by atoms with Crippen molar-refractivity contribution in [2.75, 3.05) is 0 Å². The van der Waals surface area contributed by atoms with Crippen LogP contribution in [0.25, 0.3) is 22.3 Å². The van der Waals surface area contributed by atoms with Crippen LogP contribution in [0.2, 0.25) is 0 Å². The maximum atomic E-state index is 5.78. The van der Waals surface area contributed by atoms with Gasteiger partial charge in [-0.2, -0.15) is 5.10 Å². The van der Waals surface area contributed by atoms with Crippen LogP contribution >= 0.6 is 0 Å². The van der Waals surface area contributed by atoms with Crippen LogP contribution in [0.5, 0.6) is 0 Å². The van der Waals surface area contributed by atoms with Gasteiger partial charge in [0.25, 0.3) is 0 Å². The molecule has 1 N–H and O–H groups in total. The van der Waals surface area contributed by atoms with Crippen molar-refractivity contribution < 1.29 is 4.42 Å². The molecule has 0 atom stereocenters. The summed E-state index contributed by atoms with van der Waals surface area (Å²) in [6, 6.07) is 8.04. The number of fused-ring (bicyclic) bond motifs is 1. The first-order valence-electron chi connectivity index (χ1n) is 4.83. The lowest BCUT2D eigenvalue weighted by molar-refractivity contribution is 0.629. The maximum Gasteiger partial charge on any atom is 0.141 e. The Balaban J connectivity index is 2.33.